The van der Waals surface area contributed by atoms with E-state index < -0.39 is 0 Å². The van der Waals surface area contributed by atoms with E-state index >= 15 is 0 Å². The maximum Gasteiger partial charge on any atom is 0.274 e. The van der Waals surface area contributed by atoms with Crippen LogP contribution in [0.3, 0.4) is 0 Å². The van der Waals surface area contributed by atoms with Gasteiger partial charge in [-0.15, -0.1) is 0 Å². The summed E-state index contributed by atoms with van der Waals surface area (Å²) in [4.78, 5) is 14.1. The lowest BCUT2D eigenvalue weighted by Crippen LogP contribution is -2.48. The van der Waals surface area contributed by atoms with E-state index in [1.165, 1.54) is 0 Å². The summed E-state index contributed by atoms with van der Waals surface area (Å²) in [6.45, 7) is 7.19. The number of hydrogen-bond donors (Lipinski definition) is 0. The third-order valence-electron chi connectivity index (χ3n) is 3.04. The van der Waals surface area contributed by atoms with Crippen molar-refractivity contribution in [2.24, 2.45) is 7.05 Å². The van der Waals surface area contributed by atoms with Crippen molar-refractivity contribution in [2.45, 2.75) is 33.0 Å². The molecular weight excluding hydrogens is 218 g/mol. The Bertz CT molecular complexity index is 398. The van der Waals surface area contributed by atoms with Crippen molar-refractivity contribution in [1.29, 1.82) is 0 Å². The number of rotatable bonds is 1. The van der Waals surface area contributed by atoms with Crippen molar-refractivity contribution in [3.05, 3.63) is 17.5 Å². The van der Waals surface area contributed by atoms with Crippen molar-refractivity contribution in [2.75, 3.05) is 13.1 Å². The number of morpholine rings is 1. The molecule has 1 aromatic heterocycles. The van der Waals surface area contributed by atoms with E-state index in [1.54, 1.807) is 4.68 Å². The molecule has 5 heteroatoms. The second-order valence-corrected chi connectivity index (χ2v) is 4.76. The van der Waals surface area contributed by atoms with E-state index in [0.29, 0.717) is 18.8 Å². The Hall–Kier alpha value is -1.36. The number of nitrogens with zero attached hydrogens (tertiary/aromatic N) is 3. The zero-order chi connectivity index (χ0) is 12.6. The lowest BCUT2D eigenvalue weighted by atomic mass is 10.2. The first-order valence-corrected chi connectivity index (χ1v) is 5.92. The Morgan fingerprint density at radius 3 is 2.47 bits per heavy atom. The average molecular weight is 237 g/mol. The molecule has 2 rings (SSSR count). The molecule has 0 N–H and O–H groups in total. The van der Waals surface area contributed by atoms with Gasteiger partial charge in [0.25, 0.3) is 5.91 Å². The molecule has 1 aliphatic heterocycles. The predicted octanol–water partition coefficient (Wildman–Crippen LogP) is 0.978. The SMILES string of the molecule is Cc1cc(C(=O)N2CC(C)OC(C)C2)nn1C. The van der Waals surface area contributed by atoms with Crippen LogP contribution in [0.1, 0.15) is 30.0 Å². The molecule has 2 unspecified atom stereocenters. The van der Waals surface area contributed by atoms with Gasteiger partial charge >= 0.3 is 0 Å². The topological polar surface area (TPSA) is 47.4 Å². The number of ether oxygens (including phenoxy) is 1. The summed E-state index contributed by atoms with van der Waals surface area (Å²) in [6, 6.07) is 1.83. The van der Waals surface area contributed by atoms with Gasteiger partial charge < -0.3 is 9.64 Å². The maximum absolute atomic E-state index is 12.3. The molecule has 2 atom stereocenters. The Kier molecular flexibility index (Phi) is 3.19. The van der Waals surface area contributed by atoms with Gasteiger partial charge in [0.05, 0.1) is 12.2 Å². The lowest BCUT2D eigenvalue weighted by molar-refractivity contribution is -0.0587. The first kappa shape index (κ1) is 12.1. The summed E-state index contributed by atoms with van der Waals surface area (Å²) in [5.74, 6) is -0.00398. The highest BCUT2D eigenvalue weighted by molar-refractivity contribution is 5.92. The normalized spacial score (nSPS) is 25.1. The Morgan fingerprint density at radius 2 is 2.00 bits per heavy atom. The fraction of sp³-hybridized carbons (Fsp3) is 0.667. The van der Waals surface area contributed by atoms with Crippen molar-refractivity contribution >= 4 is 5.91 Å². The fourth-order valence-electron chi connectivity index (χ4n) is 2.17. The average Bonchev–Trinajstić information content (AvgIpc) is 2.57. The molecule has 1 saturated heterocycles. The minimum Gasteiger partial charge on any atom is -0.372 e. The van der Waals surface area contributed by atoms with E-state index in [9.17, 15) is 4.79 Å². The Balaban J connectivity index is 2.14. The summed E-state index contributed by atoms with van der Waals surface area (Å²) in [5.41, 5.74) is 1.51. The molecule has 1 amide bonds. The number of amides is 1. The van der Waals surface area contributed by atoms with Crippen molar-refractivity contribution in [3.8, 4) is 0 Å². The number of aryl methyl sites for hydroxylation is 2. The van der Waals surface area contributed by atoms with E-state index in [4.69, 9.17) is 4.74 Å². The van der Waals surface area contributed by atoms with Crippen LogP contribution in [0, 0.1) is 6.92 Å². The van der Waals surface area contributed by atoms with Crippen molar-refractivity contribution in [3.63, 3.8) is 0 Å². The van der Waals surface area contributed by atoms with Crippen LogP contribution in [0.5, 0.6) is 0 Å². The van der Waals surface area contributed by atoms with Crippen LogP contribution in [-0.2, 0) is 11.8 Å². The molecule has 0 radical (unpaired) electrons. The van der Waals surface area contributed by atoms with Crippen LogP contribution in [0.4, 0.5) is 0 Å². The van der Waals surface area contributed by atoms with Crippen LogP contribution in [0.2, 0.25) is 0 Å². The largest absolute Gasteiger partial charge is 0.372 e. The highest BCUT2D eigenvalue weighted by atomic mass is 16.5. The summed E-state index contributed by atoms with van der Waals surface area (Å²) < 4.78 is 7.33. The molecule has 94 valence electrons. The zero-order valence-electron chi connectivity index (χ0n) is 10.8. The minimum absolute atomic E-state index is 0.00398. The number of carbonyl (C=O) groups excluding carboxylic acids is 1. The van der Waals surface area contributed by atoms with Gasteiger partial charge in [-0.25, -0.2) is 0 Å². The predicted molar refractivity (Wildman–Crippen MR) is 63.9 cm³/mol. The Labute approximate surface area is 101 Å². The molecule has 0 spiro atoms. The second-order valence-electron chi connectivity index (χ2n) is 4.76. The number of carbonyl (C=O) groups is 1. The summed E-state index contributed by atoms with van der Waals surface area (Å²) in [5, 5.41) is 4.22. The molecule has 0 aromatic carbocycles. The van der Waals surface area contributed by atoms with Crippen molar-refractivity contribution < 1.29 is 9.53 Å². The Morgan fingerprint density at radius 1 is 1.41 bits per heavy atom. The smallest absolute Gasteiger partial charge is 0.274 e. The van der Waals surface area contributed by atoms with Crippen LogP contribution < -0.4 is 0 Å². The minimum atomic E-state index is -0.00398. The van der Waals surface area contributed by atoms with Gasteiger partial charge in [0.2, 0.25) is 0 Å². The molecule has 1 aromatic rings. The zero-order valence-corrected chi connectivity index (χ0v) is 10.8. The first-order chi connectivity index (χ1) is 7.97. The highest BCUT2D eigenvalue weighted by Gasteiger charge is 2.27. The summed E-state index contributed by atoms with van der Waals surface area (Å²) >= 11 is 0. The molecule has 2 heterocycles. The number of aromatic nitrogens is 2. The molecular formula is C12H19N3O2. The van der Waals surface area contributed by atoms with Crippen LogP contribution in [0.15, 0.2) is 6.07 Å². The van der Waals surface area contributed by atoms with Crippen LogP contribution >= 0.6 is 0 Å². The molecule has 1 aliphatic rings. The molecule has 17 heavy (non-hydrogen) atoms. The van der Waals surface area contributed by atoms with Gasteiger partial charge in [-0.05, 0) is 26.8 Å². The van der Waals surface area contributed by atoms with E-state index in [0.717, 1.165) is 5.69 Å². The monoisotopic (exact) mass is 237 g/mol. The molecule has 0 aliphatic carbocycles. The first-order valence-electron chi connectivity index (χ1n) is 5.92. The van der Waals surface area contributed by atoms with Gasteiger partial charge in [-0.1, -0.05) is 0 Å². The van der Waals surface area contributed by atoms with E-state index in [-0.39, 0.29) is 18.1 Å². The van der Waals surface area contributed by atoms with E-state index in [2.05, 4.69) is 5.10 Å². The number of hydrogen-bond acceptors (Lipinski definition) is 3. The molecule has 0 saturated carbocycles. The third kappa shape index (κ3) is 2.49. The maximum atomic E-state index is 12.3. The molecule has 0 bridgehead atoms. The van der Waals surface area contributed by atoms with Gasteiger partial charge in [0, 0.05) is 25.8 Å². The van der Waals surface area contributed by atoms with E-state index in [1.807, 2.05) is 38.8 Å². The van der Waals surface area contributed by atoms with Gasteiger partial charge in [-0.2, -0.15) is 5.10 Å². The summed E-state index contributed by atoms with van der Waals surface area (Å²) in [6.07, 6.45) is 0.181. The lowest BCUT2D eigenvalue weighted by Gasteiger charge is -2.34. The fourth-order valence-corrected chi connectivity index (χ4v) is 2.17. The van der Waals surface area contributed by atoms with Gasteiger partial charge in [0.15, 0.2) is 5.69 Å². The third-order valence-corrected chi connectivity index (χ3v) is 3.04. The molecule has 1 fully saturated rings. The second kappa shape index (κ2) is 4.49. The van der Waals surface area contributed by atoms with Crippen LogP contribution in [0.25, 0.3) is 0 Å². The molecule has 5 nitrogen and oxygen atoms in total. The highest BCUT2D eigenvalue weighted by Crippen LogP contribution is 2.14. The van der Waals surface area contributed by atoms with Gasteiger partial charge in [0.1, 0.15) is 0 Å². The van der Waals surface area contributed by atoms with Gasteiger partial charge in [-0.3, -0.25) is 9.48 Å². The quantitative estimate of drug-likeness (QED) is 0.731. The standard InChI is InChI=1S/C12H19N3O2/c1-8-5-11(13-14(8)4)12(16)15-6-9(2)17-10(3)7-15/h5,9-10H,6-7H2,1-4H3. The van der Waals surface area contributed by atoms with Crippen LogP contribution in [-0.4, -0.2) is 45.9 Å². The van der Waals surface area contributed by atoms with Crippen molar-refractivity contribution in [1.82, 2.24) is 14.7 Å². The summed E-state index contributed by atoms with van der Waals surface area (Å²) in [7, 11) is 1.84.